The van der Waals surface area contributed by atoms with E-state index in [1.165, 1.54) is 37.8 Å². The van der Waals surface area contributed by atoms with Gasteiger partial charge in [0.1, 0.15) is 11.5 Å². The lowest BCUT2D eigenvalue weighted by Crippen LogP contribution is -2.03. The summed E-state index contributed by atoms with van der Waals surface area (Å²) in [6.07, 6.45) is 0. The Morgan fingerprint density at radius 2 is 0.926 bits per heavy atom. The van der Waals surface area contributed by atoms with Crippen LogP contribution in [-0.4, -0.2) is 29.1 Å². The van der Waals surface area contributed by atoms with Gasteiger partial charge in [0.2, 0.25) is 0 Å². The van der Waals surface area contributed by atoms with Gasteiger partial charge in [-0.25, -0.2) is 19.9 Å². The second kappa shape index (κ2) is 12.1. The van der Waals surface area contributed by atoms with Gasteiger partial charge >= 0.3 is 0 Å². The molecule has 4 aromatic heterocycles. The Morgan fingerprint density at radius 1 is 0.333 bits per heavy atom. The standard InChI is InChI=1S/C48H30N6/c1-4-16-32(17-5-1)46-50-47(33-18-6-2-7-19-33)52-48(51-46)40-24-14-26-44(49-40)54-41-25-13-12-23-36(41)38-29-39-37-28-27-31-15-10-11-22-35(31)45(37)53(42(39)30-43(38)54)34-20-8-3-9-21-34/h1-30H. The molecule has 4 heterocycles. The Morgan fingerprint density at radius 3 is 1.67 bits per heavy atom. The van der Waals surface area contributed by atoms with Crippen molar-refractivity contribution in [3.63, 3.8) is 0 Å². The zero-order valence-corrected chi connectivity index (χ0v) is 29.0. The van der Waals surface area contributed by atoms with E-state index in [4.69, 9.17) is 19.9 Å². The maximum atomic E-state index is 5.30. The average molecular weight is 691 g/mol. The predicted molar refractivity (Wildman–Crippen MR) is 220 cm³/mol. The molecule has 252 valence electrons. The lowest BCUT2D eigenvalue weighted by molar-refractivity contribution is 1.03. The van der Waals surface area contributed by atoms with E-state index in [0.29, 0.717) is 23.2 Å². The molecule has 54 heavy (non-hydrogen) atoms. The molecule has 0 aliphatic rings. The smallest absolute Gasteiger partial charge is 0.182 e. The highest BCUT2D eigenvalue weighted by Gasteiger charge is 2.21. The second-order valence-corrected chi connectivity index (χ2v) is 13.5. The lowest BCUT2D eigenvalue weighted by atomic mass is 10.0. The van der Waals surface area contributed by atoms with Crippen molar-refractivity contribution in [3.05, 3.63) is 182 Å². The van der Waals surface area contributed by atoms with Gasteiger partial charge < -0.3 is 4.57 Å². The maximum absolute atomic E-state index is 5.30. The van der Waals surface area contributed by atoms with E-state index in [1.807, 2.05) is 72.8 Å². The zero-order chi connectivity index (χ0) is 35.6. The van der Waals surface area contributed by atoms with Crippen molar-refractivity contribution in [2.75, 3.05) is 0 Å². The molecule has 0 unspecified atom stereocenters. The van der Waals surface area contributed by atoms with Crippen molar-refractivity contribution >= 4 is 54.4 Å². The first-order valence-electron chi connectivity index (χ1n) is 18.1. The number of fused-ring (bicyclic) bond motifs is 8. The highest BCUT2D eigenvalue weighted by atomic mass is 15.1. The van der Waals surface area contributed by atoms with Gasteiger partial charge in [-0.2, -0.15) is 0 Å². The van der Waals surface area contributed by atoms with E-state index in [2.05, 4.69) is 118 Å². The highest BCUT2D eigenvalue weighted by Crippen LogP contribution is 2.41. The van der Waals surface area contributed by atoms with Gasteiger partial charge in [0.05, 0.1) is 22.1 Å². The Kier molecular flexibility index (Phi) is 6.75. The minimum atomic E-state index is 0.517. The maximum Gasteiger partial charge on any atom is 0.182 e. The molecule has 0 fully saturated rings. The molecule has 0 spiro atoms. The van der Waals surface area contributed by atoms with Crippen molar-refractivity contribution in [3.8, 4) is 45.8 Å². The number of hydrogen-bond acceptors (Lipinski definition) is 4. The molecule has 0 bridgehead atoms. The molecule has 11 rings (SSSR count). The topological polar surface area (TPSA) is 61.4 Å². The minimum absolute atomic E-state index is 0.517. The molecule has 0 radical (unpaired) electrons. The first kappa shape index (κ1) is 30.2. The molecule has 0 atom stereocenters. The summed E-state index contributed by atoms with van der Waals surface area (Å²) in [5.41, 5.74) is 8.12. The lowest BCUT2D eigenvalue weighted by Gasteiger charge is -2.12. The normalized spacial score (nSPS) is 11.7. The molecule has 11 aromatic rings. The van der Waals surface area contributed by atoms with Crippen LogP contribution in [0.15, 0.2) is 182 Å². The van der Waals surface area contributed by atoms with Crippen molar-refractivity contribution in [1.29, 1.82) is 0 Å². The fourth-order valence-electron chi connectivity index (χ4n) is 7.93. The number of rotatable bonds is 5. The first-order chi connectivity index (χ1) is 26.8. The van der Waals surface area contributed by atoms with E-state index >= 15 is 0 Å². The van der Waals surface area contributed by atoms with E-state index in [0.717, 1.165) is 39.2 Å². The van der Waals surface area contributed by atoms with Crippen molar-refractivity contribution in [1.82, 2.24) is 29.1 Å². The summed E-state index contributed by atoms with van der Waals surface area (Å²) < 4.78 is 4.69. The molecule has 0 N–H and O–H groups in total. The fraction of sp³-hybridized carbons (Fsp3) is 0. The molecule has 7 aromatic carbocycles. The zero-order valence-electron chi connectivity index (χ0n) is 29.0. The molecule has 6 nitrogen and oxygen atoms in total. The monoisotopic (exact) mass is 690 g/mol. The third-order valence-electron chi connectivity index (χ3n) is 10.4. The number of nitrogens with zero attached hydrogens (tertiary/aromatic N) is 6. The summed E-state index contributed by atoms with van der Waals surface area (Å²) in [4.78, 5) is 20.2. The second-order valence-electron chi connectivity index (χ2n) is 13.5. The molecule has 0 saturated carbocycles. The van der Waals surface area contributed by atoms with E-state index < -0.39 is 0 Å². The Labute approximate surface area is 310 Å². The third-order valence-corrected chi connectivity index (χ3v) is 10.4. The van der Waals surface area contributed by atoms with Crippen LogP contribution >= 0.6 is 0 Å². The number of pyridine rings is 1. The van der Waals surface area contributed by atoms with Gasteiger partial charge in [-0.1, -0.05) is 140 Å². The largest absolute Gasteiger partial charge is 0.309 e. The number of hydrogen-bond donors (Lipinski definition) is 0. The predicted octanol–water partition coefficient (Wildman–Crippen LogP) is 11.6. The SMILES string of the molecule is c1ccc(-c2nc(-c3ccccc3)nc(-c3cccc(-n4c5ccccc5c5cc6c7ccc8ccccc8c7n(-c7ccccc7)c6cc54)n3)n2)cc1. The van der Waals surface area contributed by atoms with Gasteiger partial charge in [-0.3, -0.25) is 4.57 Å². The van der Waals surface area contributed by atoms with Crippen molar-refractivity contribution in [2.24, 2.45) is 0 Å². The van der Waals surface area contributed by atoms with Crippen LogP contribution in [0.25, 0.3) is 100 Å². The van der Waals surface area contributed by atoms with E-state index in [-0.39, 0.29) is 0 Å². The van der Waals surface area contributed by atoms with Crippen molar-refractivity contribution < 1.29 is 0 Å². The van der Waals surface area contributed by atoms with Gasteiger partial charge in [0.25, 0.3) is 0 Å². The Balaban J connectivity index is 1.18. The summed E-state index contributed by atoms with van der Waals surface area (Å²) in [6, 6.07) is 63.3. The number of benzene rings is 7. The van der Waals surface area contributed by atoms with E-state index in [9.17, 15) is 0 Å². The quantitative estimate of drug-likeness (QED) is 0.180. The van der Waals surface area contributed by atoms with Crippen LogP contribution in [-0.2, 0) is 0 Å². The van der Waals surface area contributed by atoms with Crippen LogP contribution in [0.4, 0.5) is 0 Å². The summed E-state index contributed by atoms with van der Waals surface area (Å²) in [6.45, 7) is 0. The molecular weight excluding hydrogens is 661 g/mol. The molecule has 0 saturated heterocycles. The first-order valence-corrected chi connectivity index (χ1v) is 18.1. The molecule has 6 heteroatoms. The van der Waals surface area contributed by atoms with Gasteiger partial charge in [-0.05, 0) is 47.9 Å². The minimum Gasteiger partial charge on any atom is -0.309 e. The molecule has 0 aliphatic carbocycles. The van der Waals surface area contributed by atoms with Crippen molar-refractivity contribution in [2.45, 2.75) is 0 Å². The Bertz CT molecular complexity index is 3140. The third kappa shape index (κ3) is 4.74. The van der Waals surface area contributed by atoms with Gasteiger partial charge in [0, 0.05) is 43.7 Å². The summed E-state index contributed by atoms with van der Waals surface area (Å²) >= 11 is 0. The van der Waals surface area contributed by atoms with Crippen LogP contribution in [0.2, 0.25) is 0 Å². The van der Waals surface area contributed by atoms with Crippen LogP contribution in [0.1, 0.15) is 0 Å². The average Bonchev–Trinajstić information content (AvgIpc) is 3.76. The fourth-order valence-corrected chi connectivity index (χ4v) is 7.93. The number of para-hydroxylation sites is 2. The summed E-state index contributed by atoms with van der Waals surface area (Å²) in [5.74, 6) is 2.51. The van der Waals surface area contributed by atoms with Crippen LogP contribution in [0, 0.1) is 0 Å². The van der Waals surface area contributed by atoms with Gasteiger partial charge in [-0.15, -0.1) is 0 Å². The molecule has 0 amide bonds. The van der Waals surface area contributed by atoms with Crippen LogP contribution in [0.3, 0.4) is 0 Å². The Hall–Kier alpha value is -7.44. The van der Waals surface area contributed by atoms with Gasteiger partial charge in [0.15, 0.2) is 17.5 Å². The molecular formula is C48H30N6. The summed E-state index contributed by atoms with van der Waals surface area (Å²) in [7, 11) is 0. The summed E-state index contributed by atoms with van der Waals surface area (Å²) in [5, 5.41) is 7.22. The highest BCUT2D eigenvalue weighted by molar-refractivity contribution is 6.23. The number of aromatic nitrogens is 6. The van der Waals surface area contributed by atoms with Crippen LogP contribution in [0.5, 0.6) is 0 Å². The van der Waals surface area contributed by atoms with Crippen LogP contribution < -0.4 is 0 Å². The molecule has 0 aliphatic heterocycles. The van der Waals surface area contributed by atoms with E-state index in [1.54, 1.807) is 0 Å².